The van der Waals surface area contributed by atoms with E-state index < -0.39 is 11.9 Å². The van der Waals surface area contributed by atoms with Crippen molar-refractivity contribution < 1.29 is 23.1 Å². The van der Waals surface area contributed by atoms with Gasteiger partial charge in [-0.15, -0.1) is 0 Å². The molecule has 0 aromatic carbocycles. The quantitative estimate of drug-likeness (QED) is 0.442. The maximum Gasteiger partial charge on any atom is 0.433 e. The molecule has 1 atom stereocenters. The number of oxime groups is 1. The summed E-state index contributed by atoms with van der Waals surface area (Å²) in [5.74, 6) is 0.906. The van der Waals surface area contributed by atoms with Gasteiger partial charge in [0, 0.05) is 42.4 Å². The van der Waals surface area contributed by atoms with E-state index in [0.717, 1.165) is 37.6 Å². The fourth-order valence-electron chi connectivity index (χ4n) is 4.93. The molecule has 2 aromatic heterocycles. The van der Waals surface area contributed by atoms with Gasteiger partial charge in [-0.3, -0.25) is 4.98 Å². The van der Waals surface area contributed by atoms with Crippen molar-refractivity contribution in [2.45, 2.75) is 31.9 Å². The summed E-state index contributed by atoms with van der Waals surface area (Å²) in [6, 6.07) is 4.30. The first-order valence-electron chi connectivity index (χ1n) is 9.71. The third-order valence-electron chi connectivity index (χ3n) is 6.29. The number of methoxy groups -OCH3 is 1. The first-order chi connectivity index (χ1) is 14.3. The lowest BCUT2D eigenvalue weighted by molar-refractivity contribution is -0.141. The van der Waals surface area contributed by atoms with Gasteiger partial charge in [0.2, 0.25) is 0 Å². The third-order valence-corrected chi connectivity index (χ3v) is 6.29. The summed E-state index contributed by atoms with van der Waals surface area (Å²) in [5, 5.41) is 12.9. The van der Waals surface area contributed by atoms with Crippen LogP contribution in [0.25, 0.3) is 0 Å². The lowest BCUT2D eigenvalue weighted by Gasteiger charge is -2.61. The molecule has 1 saturated heterocycles. The molecular weight excluding hydrogens is 397 g/mol. The van der Waals surface area contributed by atoms with E-state index in [-0.39, 0.29) is 17.3 Å². The van der Waals surface area contributed by atoms with Gasteiger partial charge in [-0.25, -0.2) is 4.98 Å². The van der Waals surface area contributed by atoms with Gasteiger partial charge in [-0.05, 0) is 43.9 Å². The maximum atomic E-state index is 12.7. The van der Waals surface area contributed by atoms with Crippen molar-refractivity contribution in [1.82, 2.24) is 9.97 Å². The Morgan fingerprint density at radius 3 is 2.57 bits per heavy atom. The molecular formula is C21H23F3N4O2. The number of hydrogen-bond acceptors (Lipinski definition) is 6. The van der Waals surface area contributed by atoms with Crippen molar-refractivity contribution >= 4 is 11.4 Å². The number of halogens is 3. The summed E-state index contributed by atoms with van der Waals surface area (Å²) in [4.78, 5) is 9.81. The average Bonchev–Trinajstić information content (AvgIpc) is 2.68. The van der Waals surface area contributed by atoms with Gasteiger partial charge in [0.05, 0.1) is 24.7 Å². The van der Waals surface area contributed by atoms with Crippen LogP contribution in [0, 0.1) is 11.3 Å². The molecule has 1 aliphatic carbocycles. The van der Waals surface area contributed by atoms with E-state index in [0.29, 0.717) is 17.1 Å². The molecule has 1 aliphatic heterocycles. The lowest BCUT2D eigenvalue weighted by Crippen LogP contribution is -2.63. The second kappa shape index (κ2) is 7.45. The van der Waals surface area contributed by atoms with E-state index in [4.69, 9.17) is 4.74 Å². The largest absolute Gasteiger partial charge is 0.496 e. The second-order valence-electron chi connectivity index (χ2n) is 8.26. The molecule has 1 saturated carbocycles. The van der Waals surface area contributed by atoms with E-state index in [1.165, 1.54) is 12.3 Å². The van der Waals surface area contributed by atoms with Crippen LogP contribution in [0.3, 0.4) is 0 Å². The minimum absolute atomic E-state index is 0.0916. The molecule has 160 valence electrons. The molecule has 9 heteroatoms. The number of rotatable bonds is 5. The predicted molar refractivity (Wildman–Crippen MR) is 105 cm³/mol. The van der Waals surface area contributed by atoms with Gasteiger partial charge in [-0.1, -0.05) is 5.16 Å². The molecule has 4 rings (SSSR count). The van der Waals surface area contributed by atoms with Crippen LogP contribution in [0.15, 0.2) is 41.9 Å². The van der Waals surface area contributed by atoms with Crippen molar-refractivity contribution in [2.75, 3.05) is 25.1 Å². The van der Waals surface area contributed by atoms with E-state index >= 15 is 0 Å². The highest BCUT2D eigenvalue weighted by molar-refractivity contribution is 5.89. The van der Waals surface area contributed by atoms with E-state index in [2.05, 4.69) is 20.0 Å². The van der Waals surface area contributed by atoms with E-state index in [1.807, 2.05) is 0 Å². The van der Waals surface area contributed by atoms with Crippen molar-refractivity contribution in [3.8, 4) is 5.75 Å². The first kappa shape index (κ1) is 20.4. The van der Waals surface area contributed by atoms with Gasteiger partial charge in [0.15, 0.2) is 0 Å². The van der Waals surface area contributed by atoms with Crippen molar-refractivity contribution in [3.63, 3.8) is 0 Å². The number of ether oxygens (including phenoxy) is 1. The van der Waals surface area contributed by atoms with Crippen LogP contribution in [-0.4, -0.2) is 41.1 Å². The number of anilines is 1. The van der Waals surface area contributed by atoms with Crippen molar-refractivity contribution in [2.24, 2.45) is 16.5 Å². The van der Waals surface area contributed by atoms with Crippen LogP contribution >= 0.6 is 0 Å². The van der Waals surface area contributed by atoms with Crippen LogP contribution in [0.5, 0.6) is 5.75 Å². The summed E-state index contributed by atoms with van der Waals surface area (Å²) in [7, 11) is 1.60. The summed E-state index contributed by atoms with van der Waals surface area (Å²) in [5.41, 5.74) is 1.48. The summed E-state index contributed by atoms with van der Waals surface area (Å²) < 4.78 is 43.5. The number of nitrogens with zero attached hydrogens (tertiary/aromatic N) is 4. The predicted octanol–water partition coefficient (Wildman–Crippen LogP) is 4.35. The number of hydrogen-bond donors (Lipinski definition) is 1. The summed E-state index contributed by atoms with van der Waals surface area (Å²) in [6.07, 6.45) is 2.15. The average molecular weight is 420 g/mol. The van der Waals surface area contributed by atoms with Crippen LogP contribution in [0.1, 0.15) is 36.9 Å². The molecule has 3 heterocycles. The Kier molecular flexibility index (Phi) is 5.07. The SMILES string of the molecule is COc1ccncc1C(/C(C)=N/O)C1CC2(C1)CN(c1ccc(C(F)(F)F)nc1)C2. The fraction of sp³-hybridized carbons (Fsp3) is 0.476. The number of aromatic nitrogens is 2. The Balaban J connectivity index is 1.43. The van der Waals surface area contributed by atoms with Gasteiger partial charge in [0.25, 0.3) is 0 Å². The maximum absolute atomic E-state index is 12.7. The second-order valence-corrected chi connectivity index (χ2v) is 8.26. The molecule has 0 amide bonds. The minimum atomic E-state index is -4.43. The molecule has 2 aromatic rings. The van der Waals surface area contributed by atoms with Crippen molar-refractivity contribution in [1.29, 1.82) is 0 Å². The molecule has 1 unspecified atom stereocenters. The highest BCUT2D eigenvalue weighted by Gasteiger charge is 2.55. The van der Waals surface area contributed by atoms with E-state index in [1.54, 1.807) is 32.5 Å². The Hall–Kier alpha value is -2.84. The molecule has 1 spiro atoms. The fourth-order valence-corrected chi connectivity index (χ4v) is 4.93. The highest BCUT2D eigenvalue weighted by Crippen LogP contribution is 2.57. The molecule has 0 radical (unpaired) electrons. The monoisotopic (exact) mass is 420 g/mol. The smallest absolute Gasteiger partial charge is 0.433 e. The first-order valence-corrected chi connectivity index (χ1v) is 9.71. The van der Waals surface area contributed by atoms with Gasteiger partial charge < -0.3 is 14.8 Å². The van der Waals surface area contributed by atoms with E-state index in [9.17, 15) is 18.4 Å². The van der Waals surface area contributed by atoms with Crippen LogP contribution in [-0.2, 0) is 6.18 Å². The zero-order valence-electron chi connectivity index (χ0n) is 16.7. The normalized spacial score (nSPS) is 19.9. The Morgan fingerprint density at radius 2 is 2.00 bits per heavy atom. The molecule has 2 fully saturated rings. The summed E-state index contributed by atoms with van der Waals surface area (Å²) in [6.45, 7) is 3.36. The van der Waals surface area contributed by atoms with Crippen LogP contribution in [0.4, 0.5) is 18.9 Å². The van der Waals surface area contributed by atoms with Crippen LogP contribution in [0.2, 0.25) is 0 Å². The molecule has 1 N–H and O–H groups in total. The molecule has 0 bridgehead atoms. The van der Waals surface area contributed by atoms with Gasteiger partial charge in [0.1, 0.15) is 11.4 Å². The molecule has 6 nitrogen and oxygen atoms in total. The third kappa shape index (κ3) is 3.57. The summed E-state index contributed by atoms with van der Waals surface area (Å²) >= 11 is 0. The Morgan fingerprint density at radius 1 is 1.27 bits per heavy atom. The Bertz CT molecular complexity index is 932. The topological polar surface area (TPSA) is 70.8 Å². The van der Waals surface area contributed by atoms with Crippen LogP contribution < -0.4 is 9.64 Å². The number of alkyl halides is 3. The molecule has 30 heavy (non-hydrogen) atoms. The zero-order chi connectivity index (χ0) is 21.5. The van der Waals surface area contributed by atoms with Crippen molar-refractivity contribution in [3.05, 3.63) is 48.0 Å². The Labute approximate surface area is 172 Å². The van der Waals surface area contributed by atoms with Gasteiger partial charge >= 0.3 is 6.18 Å². The minimum Gasteiger partial charge on any atom is -0.496 e. The lowest BCUT2D eigenvalue weighted by atomic mass is 9.53. The highest BCUT2D eigenvalue weighted by atomic mass is 19.4. The molecule has 2 aliphatic rings. The number of pyridine rings is 2. The standard InChI is InChI=1S/C21H23F3N4O2/c1-13(27-29)19(16-10-25-6-5-17(16)30-2)14-7-20(8-14)11-28(12-20)15-3-4-18(26-9-15)21(22,23)24/h3-6,9-10,14,19,29H,7-8,11-12H2,1-2H3/b27-13+. The zero-order valence-corrected chi connectivity index (χ0v) is 16.7. The van der Waals surface area contributed by atoms with Gasteiger partial charge in [-0.2, -0.15) is 13.2 Å².